The van der Waals surface area contributed by atoms with E-state index in [0.717, 1.165) is 32.1 Å². The molecule has 0 unspecified atom stereocenters. The highest BCUT2D eigenvalue weighted by atomic mass is 16.1. The van der Waals surface area contributed by atoms with Gasteiger partial charge in [-0.15, -0.1) is 0 Å². The maximum atomic E-state index is 11.2. The van der Waals surface area contributed by atoms with Crippen LogP contribution in [0.15, 0.2) is 18.2 Å². The van der Waals surface area contributed by atoms with Gasteiger partial charge in [0, 0.05) is 31.9 Å². The number of rotatable bonds is 6. The number of ketones is 1. The van der Waals surface area contributed by atoms with Crippen molar-refractivity contribution in [2.24, 2.45) is 5.92 Å². The van der Waals surface area contributed by atoms with Crippen molar-refractivity contribution >= 4 is 11.5 Å². The van der Waals surface area contributed by atoms with E-state index in [2.05, 4.69) is 46.7 Å². The number of piperazine rings is 1. The summed E-state index contributed by atoms with van der Waals surface area (Å²) in [7, 11) is 0. The first kappa shape index (κ1) is 19.4. The first-order valence-electron chi connectivity index (χ1n) is 10.3. The highest BCUT2D eigenvalue weighted by Crippen LogP contribution is 2.24. The predicted molar refractivity (Wildman–Crippen MR) is 109 cm³/mol. The summed E-state index contributed by atoms with van der Waals surface area (Å²) in [6.45, 7) is 14.8. The molecule has 1 aromatic rings. The van der Waals surface area contributed by atoms with Crippen LogP contribution in [0.3, 0.4) is 0 Å². The molecule has 0 aliphatic carbocycles. The van der Waals surface area contributed by atoms with Crippen LogP contribution in [0, 0.1) is 19.8 Å². The van der Waals surface area contributed by atoms with E-state index >= 15 is 0 Å². The van der Waals surface area contributed by atoms with E-state index < -0.39 is 0 Å². The zero-order chi connectivity index (χ0) is 18.5. The summed E-state index contributed by atoms with van der Waals surface area (Å²) in [4.78, 5) is 18.8. The minimum atomic E-state index is 0.296. The molecule has 2 saturated heterocycles. The maximum Gasteiger partial charge on any atom is 0.143 e. The van der Waals surface area contributed by atoms with E-state index in [1.165, 1.54) is 55.7 Å². The molecule has 0 atom stereocenters. The van der Waals surface area contributed by atoms with Gasteiger partial charge >= 0.3 is 0 Å². The number of Topliss-reactive ketones (excluding diaryl/α,β-unsaturated/α-hetero) is 1. The molecule has 0 amide bonds. The Hall–Kier alpha value is -1.39. The summed E-state index contributed by atoms with van der Waals surface area (Å²) in [6.07, 6.45) is 3.84. The molecule has 4 nitrogen and oxygen atoms in total. The van der Waals surface area contributed by atoms with Gasteiger partial charge in [-0.2, -0.15) is 0 Å². The van der Waals surface area contributed by atoms with Crippen molar-refractivity contribution in [2.75, 3.05) is 57.3 Å². The summed E-state index contributed by atoms with van der Waals surface area (Å²) in [5.41, 5.74) is 4.16. The molecule has 0 N–H and O–H groups in total. The average Bonchev–Trinajstić information content (AvgIpc) is 2.63. The van der Waals surface area contributed by atoms with Crippen molar-refractivity contribution in [2.45, 2.75) is 40.0 Å². The van der Waals surface area contributed by atoms with Crippen LogP contribution < -0.4 is 4.90 Å². The molecule has 2 aliphatic heterocycles. The molecule has 0 bridgehead atoms. The maximum absolute atomic E-state index is 11.2. The topological polar surface area (TPSA) is 26.8 Å². The number of hydrogen-bond donors (Lipinski definition) is 0. The van der Waals surface area contributed by atoms with Gasteiger partial charge in [0.05, 0.1) is 6.54 Å². The Balaban J connectivity index is 1.38. The number of carbonyl (C=O) groups is 1. The van der Waals surface area contributed by atoms with Gasteiger partial charge < -0.3 is 4.90 Å². The summed E-state index contributed by atoms with van der Waals surface area (Å²) < 4.78 is 0. The van der Waals surface area contributed by atoms with Crippen molar-refractivity contribution in [3.8, 4) is 0 Å². The van der Waals surface area contributed by atoms with Crippen LogP contribution >= 0.6 is 0 Å². The van der Waals surface area contributed by atoms with E-state index in [1.807, 2.05) is 0 Å². The third kappa shape index (κ3) is 5.31. The fourth-order valence-corrected chi connectivity index (χ4v) is 4.39. The average molecular weight is 358 g/mol. The van der Waals surface area contributed by atoms with Crippen LogP contribution in [0.2, 0.25) is 0 Å². The lowest BCUT2D eigenvalue weighted by Crippen LogP contribution is -2.47. The van der Waals surface area contributed by atoms with E-state index in [-0.39, 0.29) is 0 Å². The lowest BCUT2D eigenvalue weighted by Gasteiger charge is -2.38. The van der Waals surface area contributed by atoms with Crippen LogP contribution in [0.5, 0.6) is 0 Å². The van der Waals surface area contributed by atoms with Gasteiger partial charge in [0.15, 0.2) is 0 Å². The fourth-order valence-electron chi connectivity index (χ4n) is 4.39. The largest absolute Gasteiger partial charge is 0.369 e. The van der Waals surface area contributed by atoms with Crippen molar-refractivity contribution < 1.29 is 4.79 Å². The Kier molecular flexibility index (Phi) is 6.71. The Morgan fingerprint density at radius 3 is 2.35 bits per heavy atom. The molecule has 2 heterocycles. The molecular formula is C22H35N3O. The molecule has 0 radical (unpaired) electrons. The van der Waals surface area contributed by atoms with Gasteiger partial charge in [0.2, 0.25) is 0 Å². The summed E-state index contributed by atoms with van der Waals surface area (Å²) in [5.74, 6) is 1.14. The van der Waals surface area contributed by atoms with Crippen molar-refractivity contribution in [1.29, 1.82) is 0 Å². The lowest BCUT2D eigenvalue weighted by molar-refractivity contribution is -0.118. The summed E-state index contributed by atoms with van der Waals surface area (Å²) in [6, 6.07) is 6.78. The minimum absolute atomic E-state index is 0.296. The smallest absolute Gasteiger partial charge is 0.143 e. The summed E-state index contributed by atoms with van der Waals surface area (Å²) in [5, 5.41) is 0. The van der Waals surface area contributed by atoms with E-state index in [4.69, 9.17) is 0 Å². The fraction of sp³-hybridized carbons (Fsp3) is 0.682. The molecule has 0 aromatic heterocycles. The van der Waals surface area contributed by atoms with Crippen molar-refractivity contribution in [3.63, 3.8) is 0 Å². The number of anilines is 1. The Morgan fingerprint density at radius 1 is 1.00 bits per heavy atom. The third-order valence-electron chi connectivity index (χ3n) is 6.08. The normalized spacial score (nSPS) is 20.5. The SMILES string of the molecule is CC(=O)CN1CCC(CCN2CCN(c3cc(C)ccc3C)CC2)CC1. The van der Waals surface area contributed by atoms with Crippen molar-refractivity contribution in [1.82, 2.24) is 9.80 Å². The number of carbonyl (C=O) groups excluding carboxylic acids is 1. The molecule has 0 saturated carbocycles. The van der Waals surface area contributed by atoms with Crippen LogP contribution in [-0.4, -0.2) is 67.9 Å². The Bertz CT molecular complexity index is 599. The van der Waals surface area contributed by atoms with Crippen LogP contribution in [0.1, 0.15) is 37.3 Å². The van der Waals surface area contributed by atoms with Crippen LogP contribution in [0.4, 0.5) is 5.69 Å². The standard InChI is InChI=1S/C22H35N3O/c1-18-4-5-19(2)22(16-18)25-14-12-23(13-15-25)9-6-21-7-10-24(11-8-21)17-20(3)26/h4-5,16,21H,6-15,17H2,1-3H3. The number of benzene rings is 1. The number of aryl methyl sites for hydroxylation is 2. The predicted octanol–water partition coefficient (Wildman–Crippen LogP) is 3.12. The van der Waals surface area contributed by atoms with Gasteiger partial charge in [-0.25, -0.2) is 0 Å². The van der Waals surface area contributed by atoms with Crippen LogP contribution in [-0.2, 0) is 4.79 Å². The quantitative estimate of drug-likeness (QED) is 0.782. The van der Waals surface area contributed by atoms with E-state index in [0.29, 0.717) is 12.3 Å². The molecule has 26 heavy (non-hydrogen) atoms. The number of likely N-dealkylation sites (tertiary alicyclic amines) is 1. The molecule has 2 fully saturated rings. The first-order valence-corrected chi connectivity index (χ1v) is 10.3. The molecule has 2 aliphatic rings. The van der Waals surface area contributed by atoms with E-state index in [9.17, 15) is 4.79 Å². The number of nitrogens with zero attached hydrogens (tertiary/aromatic N) is 3. The monoisotopic (exact) mass is 357 g/mol. The molecule has 3 rings (SSSR count). The zero-order valence-corrected chi connectivity index (χ0v) is 16.8. The van der Waals surface area contributed by atoms with E-state index in [1.54, 1.807) is 6.92 Å². The first-order chi connectivity index (χ1) is 12.5. The molecule has 0 spiro atoms. The minimum Gasteiger partial charge on any atom is -0.369 e. The highest BCUT2D eigenvalue weighted by Gasteiger charge is 2.22. The lowest BCUT2D eigenvalue weighted by atomic mass is 9.93. The van der Waals surface area contributed by atoms with Gasteiger partial charge in [-0.05, 0) is 82.8 Å². The number of hydrogen-bond acceptors (Lipinski definition) is 4. The number of piperidine rings is 1. The van der Waals surface area contributed by atoms with Gasteiger partial charge in [0.25, 0.3) is 0 Å². The summed E-state index contributed by atoms with van der Waals surface area (Å²) >= 11 is 0. The highest BCUT2D eigenvalue weighted by molar-refractivity contribution is 5.77. The second kappa shape index (κ2) is 9.01. The second-order valence-corrected chi connectivity index (χ2v) is 8.33. The van der Waals surface area contributed by atoms with Crippen LogP contribution in [0.25, 0.3) is 0 Å². The van der Waals surface area contributed by atoms with Gasteiger partial charge in [-0.3, -0.25) is 14.6 Å². The molecule has 1 aromatic carbocycles. The Morgan fingerprint density at radius 2 is 1.69 bits per heavy atom. The molecule has 4 heteroatoms. The molecule has 144 valence electrons. The zero-order valence-electron chi connectivity index (χ0n) is 16.8. The Labute approximate surface area is 159 Å². The molecular weight excluding hydrogens is 322 g/mol. The van der Waals surface area contributed by atoms with Gasteiger partial charge in [0.1, 0.15) is 5.78 Å². The second-order valence-electron chi connectivity index (χ2n) is 8.33. The third-order valence-corrected chi connectivity index (χ3v) is 6.08. The van der Waals surface area contributed by atoms with Gasteiger partial charge in [-0.1, -0.05) is 12.1 Å². The van der Waals surface area contributed by atoms with Crippen molar-refractivity contribution in [3.05, 3.63) is 29.3 Å².